The highest BCUT2D eigenvalue weighted by atomic mass is 32.1. The molecule has 1 heterocycles. The monoisotopic (exact) mass is 317 g/mol. The van der Waals surface area contributed by atoms with Gasteiger partial charge in [0.25, 0.3) is 5.91 Å². The van der Waals surface area contributed by atoms with Gasteiger partial charge >= 0.3 is 0 Å². The second-order valence-corrected chi connectivity index (χ2v) is 6.47. The van der Waals surface area contributed by atoms with Gasteiger partial charge in [-0.25, -0.2) is 0 Å². The molecule has 0 aliphatic rings. The summed E-state index contributed by atoms with van der Waals surface area (Å²) in [5.74, 6) is -0.0348. The quantitative estimate of drug-likeness (QED) is 0.890. The van der Waals surface area contributed by atoms with Crippen LogP contribution in [0, 0.1) is 0 Å². The maximum absolute atomic E-state index is 12.3. The molecule has 0 saturated heterocycles. The van der Waals surface area contributed by atoms with Crippen molar-refractivity contribution in [2.24, 2.45) is 0 Å². The molecule has 1 atom stereocenters. The lowest BCUT2D eigenvalue weighted by Gasteiger charge is -2.24. The van der Waals surface area contributed by atoms with E-state index in [0.29, 0.717) is 12.1 Å². The van der Waals surface area contributed by atoms with Crippen molar-refractivity contribution in [2.75, 3.05) is 39.6 Å². The Hall–Kier alpha value is -1.85. The summed E-state index contributed by atoms with van der Waals surface area (Å²) in [6.07, 6.45) is 0. The van der Waals surface area contributed by atoms with Gasteiger partial charge in [0.05, 0.1) is 6.04 Å². The summed E-state index contributed by atoms with van der Waals surface area (Å²) in [6.45, 7) is 0.595. The molecule has 118 valence electrons. The van der Waals surface area contributed by atoms with Crippen LogP contribution in [0.25, 0.3) is 0 Å². The van der Waals surface area contributed by atoms with E-state index in [9.17, 15) is 4.79 Å². The molecular weight excluding hydrogens is 294 g/mol. The van der Waals surface area contributed by atoms with Gasteiger partial charge < -0.3 is 15.1 Å². The summed E-state index contributed by atoms with van der Waals surface area (Å²) in [6, 6.07) is 9.93. The van der Waals surface area contributed by atoms with Crippen LogP contribution in [0.15, 0.2) is 41.1 Å². The number of nitrogens with one attached hydrogen (secondary N) is 1. The van der Waals surface area contributed by atoms with Gasteiger partial charge in [-0.15, -0.1) is 0 Å². The van der Waals surface area contributed by atoms with Crippen molar-refractivity contribution in [3.63, 3.8) is 0 Å². The average Bonchev–Trinajstić information content (AvgIpc) is 3.01. The summed E-state index contributed by atoms with van der Waals surface area (Å²) in [7, 11) is 8.02. The van der Waals surface area contributed by atoms with Crippen molar-refractivity contribution in [3.05, 3.63) is 52.2 Å². The molecule has 2 aromatic rings. The highest BCUT2D eigenvalue weighted by Gasteiger charge is 2.16. The molecule has 0 radical (unpaired) electrons. The Kier molecular flexibility index (Phi) is 5.57. The average molecular weight is 317 g/mol. The van der Waals surface area contributed by atoms with Crippen LogP contribution in [0.1, 0.15) is 22.0 Å². The lowest BCUT2D eigenvalue weighted by molar-refractivity contribution is 0.0942. The largest absolute Gasteiger partial charge is 0.378 e. The van der Waals surface area contributed by atoms with Gasteiger partial charge in [0, 0.05) is 31.9 Å². The van der Waals surface area contributed by atoms with Crippen LogP contribution in [0.3, 0.4) is 0 Å². The topological polar surface area (TPSA) is 35.6 Å². The second-order valence-electron chi connectivity index (χ2n) is 5.69. The Balaban J connectivity index is 1.99. The summed E-state index contributed by atoms with van der Waals surface area (Å²) in [5.41, 5.74) is 3.01. The Morgan fingerprint density at radius 1 is 1.14 bits per heavy atom. The lowest BCUT2D eigenvalue weighted by Crippen LogP contribution is -2.34. The van der Waals surface area contributed by atoms with Crippen molar-refractivity contribution in [2.45, 2.75) is 6.04 Å². The summed E-state index contributed by atoms with van der Waals surface area (Å²) in [5, 5.41) is 7.22. The number of carbonyl (C=O) groups excluding carboxylic acids is 1. The fourth-order valence-corrected chi connectivity index (χ4v) is 2.97. The fourth-order valence-electron chi connectivity index (χ4n) is 2.27. The van der Waals surface area contributed by atoms with Crippen molar-refractivity contribution in [1.82, 2.24) is 10.2 Å². The van der Waals surface area contributed by atoms with E-state index in [4.69, 9.17) is 0 Å². The molecule has 1 N–H and O–H groups in total. The van der Waals surface area contributed by atoms with Gasteiger partial charge in [-0.1, -0.05) is 0 Å². The predicted octanol–water partition coefficient (Wildman–Crippen LogP) is 2.85. The van der Waals surface area contributed by atoms with Crippen LogP contribution >= 0.6 is 11.3 Å². The number of thiophene rings is 1. The molecule has 1 unspecified atom stereocenters. The van der Waals surface area contributed by atoms with Crippen LogP contribution in [0.5, 0.6) is 0 Å². The van der Waals surface area contributed by atoms with Crippen LogP contribution < -0.4 is 10.2 Å². The number of rotatable bonds is 6. The van der Waals surface area contributed by atoms with E-state index < -0.39 is 0 Å². The minimum Gasteiger partial charge on any atom is -0.378 e. The molecule has 1 amide bonds. The molecular formula is C17H23N3OS. The maximum atomic E-state index is 12.3. The molecule has 0 fully saturated rings. The number of carbonyl (C=O) groups is 1. The Bertz CT molecular complexity index is 591. The van der Waals surface area contributed by atoms with E-state index in [1.54, 1.807) is 11.3 Å². The van der Waals surface area contributed by atoms with Gasteiger partial charge in [-0.2, -0.15) is 11.3 Å². The Labute approximate surface area is 136 Å². The number of hydrogen-bond donors (Lipinski definition) is 1. The zero-order chi connectivity index (χ0) is 16.1. The smallest absolute Gasteiger partial charge is 0.251 e. The van der Waals surface area contributed by atoms with Gasteiger partial charge in [-0.05, 0) is 60.8 Å². The highest BCUT2D eigenvalue weighted by molar-refractivity contribution is 7.07. The standard InChI is InChI=1S/C17H23N3OS/c1-19(2)15-7-5-13(6-8-15)17(21)18-11-16(20(3)4)14-9-10-22-12-14/h5-10,12,16H,11H2,1-4H3,(H,18,21). The summed E-state index contributed by atoms with van der Waals surface area (Å²) >= 11 is 1.68. The zero-order valence-electron chi connectivity index (χ0n) is 13.5. The number of hydrogen-bond acceptors (Lipinski definition) is 4. The van der Waals surface area contributed by atoms with E-state index >= 15 is 0 Å². The molecule has 1 aromatic heterocycles. The molecule has 0 aliphatic heterocycles. The molecule has 1 aromatic carbocycles. The van der Waals surface area contributed by atoms with Crippen molar-refractivity contribution in [3.8, 4) is 0 Å². The van der Waals surface area contributed by atoms with Gasteiger partial charge in [0.2, 0.25) is 0 Å². The first-order chi connectivity index (χ1) is 10.5. The molecule has 4 nitrogen and oxygen atoms in total. The van der Waals surface area contributed by atoms with Crippen molar-refractivity contribution >= 4 is 22.9 Å². The Morgan fingerprint density at radius 3 is 2.32 bits per heavy atom. The van der Waals surface area contributed by atoms with Crippen molar-refractivity contribution in [1.29, 1.82) is 0 Å². The number of nitrogens with zero attached hydrogens (tertiary/aromatic N) is 2. The minimum atomic E-state index is -0.0348. The molecule has 0 aliphatic carbocycles. The fraction of sp³-hybridized carbons (Fsp3) is 0.353. The number of amides is 1. The van der Waals surface area contributed by atoms with Crippen LogP contribution in [-0.2, 0) is 0 Å². The third-order valence-electron chi connectivity index (χ3n) is 3.65. The Morgan fingerprint density at radius 2 is 1.82 bits per heavy atom. The van der Waals surface area contributed by atoms with E-state index in [2.05, 4.69) is 27.0 Å². The normalized spacial score (nSPS) is 12.2. The molecule has 22 heavy (non-hydrogen) atoms. The maximum Gasteiger partial charge on any atom is 0.251 e. The predicted molar refractivity (Wildman–Crippen MR) is 93.8 cm³/mol. The third kappa shape index (κ3) is 4.08. The number of anilines is 1. The number of likely N-dealkylation sites (N-methyl/N-ethyl adjacent to an activating group) is 1. The number of benzene rings is 1. The zero-order valence-corrected chi connectivity index (χ0v) is 14.4. The molecule has 0 saturated carbocycles. The second kappa shape index (κ2) is 7.42. The van der Waals surface area contributed by atoms with Crippen molar-refractivity contribution < 1.29 is 4.79 Å². The molecule has 0 spiro atoms. The molecule has 0 bridgehead atoms. The highest BCUT2D eigenvalue weighted by Crippen LogP contribution is 2.20. The summed E-state index contributed by atoms with van der Waals surface area (Å²) < 4.78 is 0. The van der Waals surface area contributed by atoms with E-state index in [-0.39, 0.29) is 11.9 Å². The van der Waals surface area contributed by atoms with Crippen LogP contribution in [0.2, 0.25) is 0 Å². The van der Waals surface area contributed by atoms with Gasteiger partial charge in [0.1, 0.15) is 0 Å². The molecule has 2 rings (SSSR count). The van der Waals surface area contributed by atoms with E-state index in [0.717, 1.165) is 5.69 Å². The first-order valence-corrected chi connectivity index (χ1v) is 8.17. The van der Waals surface area contributed by atoms with Gasteiger partial charge in [0.15, 0.2) is 0 Å². The summed E-state index contributed by atoms with van der Waals surface area (Å²) in [4.78, 5) is 16.4. The van der Waals surface area contributed by atoms with Gasteiger partial charge in [-0.3, -0.25) is 4.79 Å². The first kappa shape index (κ1) is 16.5. The third-order valence-corrected chi connectivity index (χ3v) is 4.35. The van der Waals surface area contributed by atoms with Crippen LogP contribution in [0.4, 0.5) is 5.69 Å². The SMILES string of the molecule is CN(C)c1ccc(C(=O)NCC(c2ccsc2)N(C)C)cc1. The lowest BCUT2D eigenvalue weighted by atomic mass is 10.1. The first-order valence-electron chi connectivity index (χ1n) is 7.23. The van der Waals surface area contributed by atoms with Crippen LogP contribution in [-0.4, -0.2) is 45.5 Å². The van der Waals surface area contributed by atoms with E-state index in [1.165, 1.54) is 5.56 Å². The molecule has 5 heteroatoms. The van der Waals surface area contributed by atoms with E-state index in [1.807, 2.05) is 57.4 Å². The minimum absolute atomic E-state index is 0.0348.